The first-order chi connectivity index (χ1) is 8.48. The summed E-state index contributed by atoms with van der Waals surface area (Å²) in [5.41, 5.74) is -0.173. The number of benzene rings is 1. The summed E-state index contributed by atoms with van der Waals surface area (Å²) in [7, 11) is 0. The number of carbonyl (C=O) groups excluding carboxylic acids is 1. The number of carbonyl (C=O) groups is 1. The van der Waals surface area contributed by atoms with Gasteiger partial charge in [0.15, 0.2) is 0 Å². The molecule has 2 N–H and O–H groups in total. The molecule has 0 unspecified atom stereocenters. The Morgan fingerprint density at radius 2 is 2.06 bits per heavy atom. The molecule has 0 saturated carbocycles. The fourth-order valence-corrected chi connectivity index (χ4v) is 2.23. The third kappa shape index (κ3) is 3.46. The molecule has 0 aliphatic carbocycles. The van der Waals surface area contributed by atoms with Crippen LogP contribution in [0.25, 0.3) is 0 Å². The highest BCUT2D eigenvalue weighted by atomic mass is 79.9. The first-order valence-electron chi connectivity index (χ1n) is 5.86. The Kier molecular flexibility index (Phi) is 5.63. The molecule has 0 saturated heterocycles. The molecule has 0 aliphatic rings. The highest BCUT2D eigenvalue weighted by Crippen LogP contribution is 2.22. The quantitative estimate of drug-likeness (QED) is 0.867. The van der Waals surface area contributed by atoms with Crippen molar-refractivity contribution in [3.05, 3.63) is 33.3 Å². The van der Waals surface area contributed by atoms with E-state index in [2.05, 4.69) is 21.2 Å². The van der Waals surface area contributed by atoms with Gasteiger partial charge < -0.3 is 10.4 Å². The zero-order chi connectivity index (χ0) is 13.8. The Morgan fingerprint density at radius 1 is 1.44 bits per heavy atom. The predicted molar refractivity (Wildman–Crippen MR) is 77.0 cm³/mol. The average Bonchev–Trinajstić information content (AvgIpc) is 2.38. The Labute approximate surface area is 121 Å². The molecular weight excluding hydrogens is 318 g/mol. The van der Waals surface area contributed by atoms with Crippen LogP contribution in [0.1, 0.15) is 37.0 Å². The second-order valence-electron chi connectivity index (χ2n) is 4.22. The van der Waals surface area contributed by atoms with E-state index < -0.39 is 5.54 Å². The van der Waals surface area contributed by atoms with Crippen LogP contribution in [-0.2, 0) is 0 Å². The Hall–Kier alpha value is -0.580. The molecule has 5 heteroatoms. The SMILES string of the molecule is CCC(CC)(CO)NC(=O)c1cc(Br)ccc1Cl. The second kappa shape index (κ2) is 6.55. The van der Waals surface area contributed by atoms with Crippen molar-refractivity contribution in [2.24, 2.45) is 0 Å². The molecule has 0 aromatic heterocycles. The number of aliphatic hydroxyl groups excluding tert-OH is 1. The molecule has 1 aromatic rings. The minimum atomic E-state index is -0.581. The van der Waals surface area contributed by atoms with E-state index >= 15 is 0 Å². The van der Waals surface area contributed by atoms with E-state index in [0.29, 0.717) is 23.4 Å². The van der Waals surface area contributed by atoms with Crippen molar-refractivity contribution >= 4 is 33.4 Å². The summed E-state index contributed by atoms with van der Waals surface area (Å²) < 4.78 is 0.791. The number of aliphatic hydroxyl groups is 1. The van der Waals surface area contributed by atoms with Gasteiger partial charge in [-0.15, -0.1) is 0 Å². The minimum absolute atomic E-state index is 0.0860. The predicted octanol–water partition coefficient (Wildman–Crippen LogP) is 3.38. The van der Waals surface area contributed by atoms with E-state index in [0.717, 1.165) is 4.47 Å². The van der Waals surface area contributed by atoms with Gasteiger partial charge in [0, 0.05) is 4.47 Å². The van der Waals surface area contributed by atoms with Crippen LogP contribution in [0.3, 0.4) is 0 Å². The Balaban J connectivity index is 2.97. The Bertz CT molecular complexity index is 425. The number of halogens is 2. The standard InChI is InChI=1S/C13H17BrClNO2/c1-3-13(4-2,8-17)16-12(18)10-7-9(14)5-6-11(10)15/h5-7,17H,3-4,8H2,1-2H3,(H,16,18). The largest absolute Gasteiger partial charge is 0.394 e. The summed E-state index contributed by atoms with van der Waals surface area (Å²) in [6.45, 7) is 3.78. The van der Waals surface area contributed by atoms with Crippen molar-refractivity contribution in [3.63, 3.8) is 0 Å². The Morgan fingerprint density at radius 3 is 2.56 bits per heavy atom. The van der Waals surface area contributed by atoms with Crippen LogP contribution in [0.15, 0.2) is 22.7 Å². The maximum atomic E-state index is 12.2. The lowest BCUT2D eigenvalue weighted by molar-refractivity contribution is 0.0818. The summed E-state index contributed by atoms with van der Waals surface area (Å²) in [4.78, 5) is 12.2. The summed E-state index contributed by atoms with van der Waals surface area (Å²) in [6.07, 6.45) is 1.33. The molecule has 0 aliphatic heterocycles. The van der Waals surface area contributed by atoms with Crippen LogP contribution in [0, 0.1) is 0 Å². The molecule has 3 nitrogen and oxygen atoms in total. The topological polar surface area (TPSA) is 49.3 Å². The van der Waals surface area contributed by atoms with Crippen molar-refractivity contribution in [3.8, 4) is 0 Å². The zero-order valence-electron chi connectivity index (χ0n) is 10.5. The number of nitrogens with one attached hydrogen (secondary N) is 1. The van der Waals surface area contributed by atoms with Gasteiger partial charge in [0.2, 0.25) is 0 Å². The fraction of sp³-hybridized carbons (Fsp3) is 0.462. The number of amides is 1. The van der Waals surface area contributed by atoms with Gasteiger partial charge in [-0.3, -0.25) is 4.79 Å². The highest BCUT2D eigenvalue weighted by molar-refractivity contribution is 9.10. The number of hydrogen-bond acceptors (Lipinski definition) is 2. The van der Waals surface area contributed by atoms with E-state index in [1.807, 2.05) is 13.8 Å². The van der Waals surface area contributed by atoms with Crippen LogP contribution in [0.4, 0.5) is 0 Å². The van der Waals surface area contributed by atoms with Gasteiger partial charge in [0.1, 0.15) is 0 Å². The molecule has 0 atom stereocenters. The average molecular weight is 335 g/mol. The monoisotopic (exact) mass is 333 g/mol. The van der Waals surface area contributed by atoms with Crippen molar-refractivity contribution < 1.29 is 9.90 Å². The first kappa shape index (κ1) is 15.5. The molecule has 0 heterocycles. The van der Waals surface area contributed by atoms with Crippen molar-refractivity contribution in [2.75, 3.05) is 6.61 Å². The molecule has 1 aromatic carbocycles. The molecule has 0 radical (unpaired) electrons. The van der Waals surface area contributed by atoms with E-state index in [9.17, 15) is 9.90 Å². The van der Waals surface area contributed by atoms with E-state index in [-0.39, 0.29) is 12.5 Å². The lowest BCUT2D eigenvalue weighted by atomic mass is 9.93. The van der Waals surface area contributed by atoms with Crippen molar-refractivity contribution in [2.45, 2.75) is 32.2 Å². The highest BCUT2D eigenvalue weighted by Gasteiger charge is 2.28. The van der Waals surface area contributed by atoms with Crippen LogP contribution >= 0.6 is 27.5 Å². The molecule has 0 spiro atoms. The van der Waals surface area contributed by atoms with Gasteiger partial charge in [0.25, 0.3) is 5.91 Å². The molecule has 18 heavy (non-hydrogen) atoms. The lowest BCUT2D eigenvalue weighted by Crippen LogP contribution is -2.50. The van der Waals surface area contributed by atoms with Crippen LogP contribution < -0.4 is 5.32 Å². The number of hydrogen-bond donors (Lipinski definition) is 2. The first-order valence-corrected chi connectivity index (χ1v) is 7.03. The van der Waals surface area contributed by atoms with Gasteiger partial charge in [-0.1, -0.05) is 41.4 Å². The normalized spacial score (nSPS) is 11.4. The lowest BCUT2D eigenvalue weighted by Gasteiger charge is -2.30. The minimum Gasteiger partial charge on any atom is -0.394 e. The van der Waals surface area contributed by atoms with Crippen molar-refractivity contribution in [1.29, 1.82) is 0 Å². The van der Waals surface area contributed by atoms with E-state index in [1.54, 1.807) is 18.2 Å². The summed E-state index contributed by atoms with van der Waals surface area (Å²) in [6, 6.07) is 5.11. The summed E-state index contributed by atoms with van der Waals surface area (Å²) in [5.74, 6) is -0.265. The third-order valence-electron chi connectivity index (χ3n) is 3.21. The fourth-order valence-electron chi connectivity index (χ4n) is 1.67. The molecule has 0 fully saturated rings. The maximum absolute atomic E-state index is 12.2. The molecular formula is C13H17BrClNO2. The second-order valence-corrected chi connectivity index (χ2v) is 5.55. The third-order valence-corrected chi connectivity index (χ3v) is 4.03. The van der Waals surface area contributed by atoms with Crippen molar-refractivity contribution in [1.82, 2.24) is 5.32 Å². The van der Waals surface area contributed by atoms with Gasteiger partial charge in [-0.25, -0.2) is 0 Å². The number of rotatable bonds is 5. The molecule has 0 bridgehead atoms. The van der Waals surface area contributed by atoms with Crippen LogP contribution in [0.2, 0.25) is 5.02 Å². The molecule has 1 amide bonds. The summed E-state index contributed by atoms with van der Waals surface area (Å²) in [5, 5.41) is 12.7. The molecule has 1 rings (SSSR count). The van der Waals surface area contributed by atoms with Crippen LogP contribution in [-0.4, -0.2) is 23.2 Å². The van der Waals surface area contributed by atoms with Gasteiger partial charge >= 0.3 is 0 Å². The summed E-state index contributed by atoms with van der Waals surface area (Å²) >= 11 is 9.31. The zero-order valence-corrected chi connectivity index (χ0v) is 12.8. The van der Waals surface area contributed by atoms with E-state index in [4.69, 9.17) is 11.6 Å². The smallest absolute Gasteiger partial charge is 0.253 e. The van der Waals surface area contributed by atoms with Gasteiger partial charge in [0.05, 0.1) is 22.7 Å². The van der Waals surface area contributed by atoms with Gasteiger partial charge in [-0.2, -0.15) is 0 Å². The van der Waals surface area contributed by atoms with E-state index in [1.165, 1.54) is 0 Å². The van der Waals surface area contributed by atoms with Gasteiger partial charge in [-0.05, 0) is 31.0 Å². The molecule has 100 valence electrons. The van der Waals surface area contributed by atoms with Crippen LogP contribution in [0.5, 0.6) is 0 Å². The maximum Gasteiger partial charge on any atom is 0.253 e.